The third-order valence-electron chi connectivity index (χ3n) is 6.25. The third-order valence-corrected chi connectivity index (χ3v) is 7.37. The second-order valence-corrected chi connectivity index (χ2v) is 9.17. The minimum absolute atomic E-state index is 0.0971. The van der Waals surface area contributed by atoms with E-state index < -0.39 is 11.6 Å². The number of carbonyl (C=O) groups excluding carboxylic acids is 3. The van der Waals surface area contributed by atoms with E-state index in [1.54, 1.807) is 11.8 Å². The molecule has 0 bridgehead atoms. The van der Waals surface area contributed by atoms with Gasteiger partial charge < -0.3 is 10.6 Å². The second-order valence-electron chi connectivity index (χ2n) is 8.03. The highest BCUT2D eigenvalue weighted by molar-refractivity contribution is 7.99. The molecule has 154 valence electrons. The van der Waals surface area contributed by atoms with Gasteiger partial charge in [-0.1, -0.05) is 42.5 Å². The molecule has 2 N–H and O–H groups in total. The number of carbonyl (C=O) groups is 3. The summed E-state index contributed by atoms with van der Waals surface area (Å²) in [6, 6.07) is 15.2. The number of thioether (sulfide) groups is 1. The molecule has 5 rings (SSSR count). The Hall–Kier alpha value is -2.80. The number of fused-ring (bicyclic) bond motifs is 3. The zero-order chi connectivity index (χ0) is 20.7. The van der Waals surface area contributed by atoms with Gasteiger partial charge in [0.1, 0.15) is 12.1 Å². The number of nitrogens with one attached hydrogen (secondary N) is 2. The summed E-state index contributed by atoms with van der Waals surface area (Å²) in [7, 11) is 0. The van der Waals surface area contributed by atoms with Crippen LogP contribution >= 0.6 is 11.8 Å². The molecular formula is C23H23N3O3S. The summed E-state index contributed by atoms with van der Waals surface area (Å²) < 4.78 is 0. The first-order valence-corrected chi connectivity index (χ1v) is 11.3. The fourth-order valence-electron chi connectivity index (χ4n) is 4.83. The van der Waals surface area contributed by atoms with E-state index in [9.17, 15) is 14.4 Å². The van der Waals surface area contributed by atoms with Gasteiger partial charge in [0.05, 0.1) is 6.04 Å². The second kappa shape index (κ2) is 7.47. The predicted octanol–water partition coefficient (Wildman–Crippen LogP) is 3.12. The molecule has 1 fully saturated rings. The topological polar surface area (TPSA) is 78.5 Å². The third kappa shape index (κ3) is 3.08. The van der Waals surface area contributed by atoms with Crippen LogP contribution in [0, 0.1) is 0 Å². The zero-order valence-corrected chi connectivity index (χ0v) is 17.3. The van der Waals surface area contributed by atoms with Crippen LogP contribution in [0.5, 0.6) is 0 Å². The maximum Gasteiger partial charge on any atom is 0.325 e. The molecule has 2 aliphatic heterocycles. The van der Waals surface area contributed by atoms with E-state index >= 15 is 0 Å². The summed E-state index contributed by atoms with van der Waals surface area (Å²) in [5.41, 5.74) is 1.99. The smallest absolute Gasteiger partial charge is 0.325 e. The molecule has 0 aromatic heterocycles. The molecule has 2 heterocycles. The molecule has 1 aliphatic carbocycles. The van der Waals surface area contributed by atoms with E-state index in [4.69, 9.17) is 0 Å². The van der Waals surface area contributed by atoms with Crippen LogP contribution in [0.3, 0.4) is 0 Å². The summed E-state index contributed by atoms with van der Waals surface area (Å²) in [4.78, 5) is 41.1. The van der Waals surface area contributed by atoms with Gasteiger partial charge in [-0.25, -0.2) is 4.79 Å². The van der Waals surface area contributed by atoms with Crippen molar-refractivity contribution in [2.24, 2.45) is 0 Å². The Morgan fingerprint density at radius 1 is 1.17 bits per heavy atom. The number of hydrogen-bond acceptors (Lipinski definition) is 4. The molecule has 2 aromatic rings. The zero-order valence-electron chi connectivity index (χ0n) is 16.5. The molecule has 30 heavy (non-hydrogen) atoms. The van der Waals surface area contributed by atoms with Crippen molar-refractivity contribution in [3.63, 3.8) is 0 Å². The van der Waals surface area contributed by atoms with Crippen molar-refractivity contribution < 1.29 is 14.4 Å². The van der Waals surface area contributed by atoms with Crippen LogP contribution in [0.4, 0.5) is 4.79 Å². The van der Waals surface area contributed by atoms with Gasteiger partial charge in [0, 0.05) is 10.6 Å². The minimum Gasteiger partial charge on any atom is -0.348 e. The average molecular weight is 422 g/mol. The van der Waals surface area contributed by atoms with E-state index in [-0.39, 0.29) is 24.4 Å². The summed E-state index contributed by atoms with van der Waals surface area (Å²) in [6.07, 6.45) is 3.09. The Kier molecular flexibility index (Phi) is 4.77. The average Bonchev–Trinajstić information content (AvgIpc) is 2.99. The number of imide groups is 1. The van der Waals surface area contributed by atoms with E-state index in [2.05, 4.69) is 16.7 Å². The Morgan fingerprint density at radius 2 is 1.97 bits per heavy atom. The minimum atomic E-state index is -1.04. The number of benzene rings is 2. The molecule has 0 saturated carbocycles. The van der Waals surface area contributed by atoms with Crippen molar-refractivity contribution in [2.45, 2.75) is 42.2 Å². The molecule has 0 radical (unpaired) electrons. The lowest BCUT2D eigenvalue weighted by Gasteiger charge is -2.33. The highest BCUT2D eigenvalue weighted by atomic mass is 32.2. The van der Waals surface area contributed by atoms with Crippen LogP contribution in [0.15, 0.2) is 53.4 Å². The maximum absolute atomic E-state index is 13.3. The van der Waals surface area contributed by atoms with Crippen molar-refractivity contribution in [1.29, 1.82) is 0 Å². The van der Waals surface area contributed by atoms with Gasteiger partial charge in [-0.05, 0) is 48.4 Å². The van der Waals surface area contributed by atoms with Gasteiger partial charge in [-0.2, -0.15) is 0 Å². The Morgan fingerprint density at radius 3 is 2.87 bits per heavy atom. The summed E-state index contributed by atoms with van der Waals surface area (Å²) >= 11 is 1.78. The maximum atomic E-state index is 13.3. The van der Waals surface area contributed by atoms with Gasteiger partial charge in [0.25, 0.3) is 5.91 Å². The normalized spacial score (nSPS) is 24.9. The molecule has 6 nitrogen and oxygen atoms in total. The molecule has 2 aromatic carbocycles. The molecular weight excluding hydrogens is 398 g/mol. The number of aryl methyl sites for hydroxylation is 1. The first kappa shape index (κ1) is 19.2. The monoisotopic (exact) mass is 421 g/mol. The number of urea groups is 1. The van der Waals surface area contributed by atoms with Crippen LogP contribution in [0.1, 0.15) is 42.0 Å². The lowest BCUT2D eigenvalue weighted by atomic mass is 9.76. The van der Waals surface area contributed by atoms with Crippen molar-refractivity contribution in [3.05, 3.63) is 65.2 Å². The van der Waals surface area contributed by atoms with Gasteiger partial charge in [-0.3, -0.25) is 14.5 Å². The molecule has 0 unspecified atom stereocenters. The van der Waals surface area contributed by atoms with Crippen molar-refractivity contribution in [1.82, 2.24) is 15.5 Å². The number of amides is 4. The number of rotatable bonds is 3. The van der Waals surface area contributed by atoms with E-state index in [1.807, 2.05) is 42.5 Å². The largest absolute Gasteiger partial charge is 0.348 e. The first-order valence-electron chi connectivity index (χ1n) is 10.3. The molecule has 1 saturated heterocycles. The lowest BCUT2D eigenvalue weighted by Crippen LogP contribution is -2.47. The number of nitrogens with zero attached hydrogens (tertiary/aromatic N) is 1. The fraction of sp³-hybridized carbons (Fsp3) is 0.348. The predicted molar refractivity (Wildman–Crippen MR) is 114 cm³/mol. The first-order chi connectivity index (χ1) is 14.6. The standard InChI is InChI=1S/C23H23N3O3S/c27-20(24-18-11-13-30-19-10-4-2-8-16(18)19)14-26-21(28)23(25-22(26)29)12-5-7-15-6-1-3-9-17(15)23/h1-4,6,8-10,18H,5,7,11-14H2,(H,24,27)(H,25,29)/t18-,23+/m1/s1. The summed E-state index contributed by atoms with van der Waals surface area (Å²) in [5, 5.41) is 5.93. The fourth-order valence-corrected chi connectivity index (χ4v) is 5.96. The quantitative estimate of drug-likeness (QED) is 0.747. The Bertz CT molecular complexity index is 1040. The van der Waals surface area contributed by atoms with E-state index in [0.29, 0.717) is 6.42 Å². The van der Waals surface area contributed by atoms with Crippen LogP contribution in [0.25, 0.3) is 0 Å². The molecule has 7 heteroatoms. The van der Waals surface area contributed by atoms with Crippen LogP contribution in [-0.4, -0.2) is 35.0 Å². The van der Waals surface area contributed by atoms with Gasteiger partial charge in [0.2, 0.25) is 5.91 Å². The highest BCUT2D eigenvalue weighted by Crippen LogP contribution is 2.40. The van der Waals surface area contributed by atoms with E-state index in [0.717, 1.165) is 46.6 Å². The molecule has 4 amide bonds. The van der Waals surface area contributed by atoms with Gasteiger partial charge >= 0.3 is 6.03 Å². The Labute approximate surface area is 179 Å². The van der Waals surface area contributed by atoms with Gasteiger partial charge in [-0.15, -0.1) is 11.8 Å². The highest BCUT2D eigenvalue weighted by Gasteiger charge is 2.54. The van der Waals surface area contributed by atoms with Gasteiger partial charge in [0.15, 0.2) is 0 Å². The Balaban J connectivity index is 1.34. The SMILES string of the molecule is O=C(CN1C(=O)N[C@]2(CCCc3ccccc32)C1=O)N[C@@H]1CCSc2ccccc21. The number of hydrogen-bond donors (Lipinski definition) is 2. The summed E-state index contributed by atoms with van der Waals surface area (Å²) in [5.74, 6) is 0.283. The summed E-state index contributed by atoms with van der Waals surface area (Å²) in [6.45, 7) is -0.263. The molecule has 1 spiro atoms. The van der Waals surface area contributed by atoms with Crippen LogP contribution < -0.4 is 10.6 Å². The van der Waals surface area contributed by atoms with Crippen LogP contribution in [-0.2, 0) is 21.5 Å². The van der Waals surface area contributed by atoms with Crippen LogP contribution in [0.2, 0.25) is 0 Å². The van der Waals surface area contributed by atoms with E-state index in [1.165, 1.54) is 4.90 Å². The lowest BCUT2D eigenvalue weighted by molar-refractivity contribution is -0.135. The van der Waals surface area contributed by atoms with Crippen molar-refractivity contribution >= 4 is 29.6 Å². The molecule has 2 atom stereocenters. The van der Waals surface area contributed by atoms with Crippen molar-refractivity contribution in [2.75, 3.05) is 12.3 Å². The van der Waals surface area contributed by atoms with Crippen molar-refractivity contribution in [3.8, 4) is 0 Å². The molecule has 3 aliphatic rings.